The van der Waals surface area contributed by atoms with Crippen molar-refractivity contribution in [2.75, 3.05) is 25.1 Å². The maximum Gasteiger partial charge on any atom is 0.264 e. The van der Waals surface area contributed by atoms with Crippen molar-refractivity contribution in [3.63, 3.8) is 0 Å². The van der Waals surface area contributed by atoms with Gasteiger partial charge in [-0.15, -0.1) is 0 Å². The van der Waals surface area contributed by atoms with E-state index in [1.807, 2.05) is 24.3 Å². The smallest absolute Gasteiger partial charge is 0.264 e. The fraction of sp³-hybridized carbons (Fsp3) is 0.345. The topological polar surface area (TPSA) is 94.2 Å². The van der Waals surface area contributed by atoms with Crippen LogP contribution in [-0.4, -0.2) is 40.7 Å². The van der Waals surface area contributed by atoms with Crippen molar-refractivity contribution >= 4 is 21.6 Å². The van der Waals surface area contributed by atoms with Crippen molar-refractivity contribution in [1.82, 2.24) is 5.32 Å². The third-order valence-electron chi connectivity index (χ3n) is 7.09. The van der Waals surface area contributed by atoms with Crippen LogP contribution >= 0.6 is 0 Å². The van der Waals surface area contributed by atoms with Crippen LogP contribution in [0.25, 0.3) is 0 Å². The SMILES string of the molecule is CCC1(CC)C[C@@H](NC(=O)CN(c2cc(OC)ccc2OC)S(=O)(=O)c2ccccc2)c2ccccc2O1. The van der Waals surface area contributed by atoms with Gasteiger partial charge in [0, 0.05) is 18.1 Å². The second kappa shape index (κ2) is 11.3. The van der Waals surface area contributed by atoms with Crippen molar-refractivity contribution in [2.24, 2.45) is 0 Å². The molecule has 0 aromatic heterocycles. The number of nitrogens with one attached hydrogen (secondary N) is 1. The molecule has 1 heterocycles. The molecule has 1 aliphatic rings. The standard InChI is InChI=1S/C29H34N2O6S/c1-5-29(6-2)19-24(23-14-10-11-15-26(23)37-29)30-28(32)20-31(38(33,34)22-12-8-7-9-13-22)25-18-21(35-3)16-17-27(25)36-4/h7-18,24H,5-6,19-20H2,1-4H3,(H,30,32)/t24-/m1/s1. The van der Waals surface area contributed by atoms with Gasteiger partial charge in [0.1, 0.15) is 29.4 Å². The van der Waals surface area contributed by atoms with Crippen LogP contribution in [0.4, 0.5) is 5.69 Å². The van der Waals surface area contributed by atoms with Crippen molar-refractivity contribution in [3.8, 4) is 17.2 Å². The van der Waals surface area contributed by atoms with E-state index in [0.717, 1.165) is 28.5 Å². The molecule has 1 atom stereocenters. The van der Waals surface area contributed by atoms with Crippen LogP contribution in [0.2, 0.25) is 0 Å². The molecule has 0 saturated carbocycles. The summed E-state index contributed by atoms with van der Waals surface area (Å²) >= 11 is 0. The first-order valence-electron chi connectivity index (χ1n) is 12.6. The van der Waals surface area contributed by atoms with Gasteiger partial charge in [0.15, 0.2) is 0 Å². The van der Waals surface area contributed by atoms with Crippen LogP contribution in [0, 0.1) is 0 Å². The number of hydrogen-bond donors (Lipinski definition) is 1. The molecule has 0 bridgehead atoms. The molecular weight excluding hydrogens is 504 g/mol. The third-order valence-corrected chi connectivity index (χ3v) is 8.87. The molecule has 202 valence electrons. The Labute approximate surface area is 224 Å². The van der Waals surface area contributed by atoms with Gasteiger partial charge < -0.3 is 19.5 Å². The van der Waals surface area contributed by atoms with Crippen LogP contribution in [0.5, 0.6) is 17.2 Å². The Hall–Kier alpha value is -3.72. The molecular formula is C29H34N2O6S. The fourth-order valence-electron chi connectivity index (χ4n) is 4.81. The number of para-hydroxylation sites is 1. The first-order chi connectivity index (χ1) is 18.3. The minimum absolute atomic E-state index is 0.0602. The highest BCUT2D eigenvalue weighted by Crippen LogP contribution is 2.43. The lowest BCUT2D eigenvalue weighted by molar-refractivity contribution is -0.121. The van der Waals surface area contributed by atoms with Crippen LogP contribution in [0.1, 0.15) is 44.7 Å². The van der Waals surface area contributed by atoms with Gasteiger partial charge in [-0.2, -0.15) is 0 Å². The second-order valence-electron chi connectivity index (χ2n) is 9.22. The molecule has 38 heavy (non-hydrogen) atoms. The number of fused-ring (bicyclic) bond motifs is 1. The first kappa shape index (κ1) is 27.3. The lowest BCUT2D eigenvalue weighted by atomic mass is 9.83. The van der Waals surface area contributed by atoms with Gasteiger partial charge in [-0.05, 0) is 43.2 Å². The Morgan fingerprint density at radius 1 is 1.00 bits per heavy atom. The number of ether oxygens (including phenoxy) is 3. The summed E-state index contributed by atoms with van der Waals surface area (Å²) in [6, 6.07) is 20.2. The average Bonchev–Trinajstić information content (AvgIpc) is 2.95. The molecule has 1 N–H and O–H groups in total. The second-order valence-corrected chi connectivity index (χ2v) is 11.1. The van der Waals surface area contributed by atoms with Gasteiger partial charge in [-0.1, -0.05) is 50.2 Å². The van der Waals surface area contributed by atoms with E-state index in [-0.39, 0.29) is 16.6 Å². The molecule has 3 aromatic carbocycles. The normalized spacial score (nSPS) is 16.1. The molecule has 0 fully saturated rings. The van der Waals surface area contributed by atoms with Crippen molar-refractivity contribution < 1.29 is 27.4 Å². The maximum absolute atomic E-state index is 13.9. The van der Waals surface area contributed by atoms with Crippen LogP contribution in [0.3, 0.4) is 0 Å². The zero-order valence-electron chi connectivity index (χ0n) is 22.1. The van der Waals surface area contributed by atoms with E-state index in [9.17, 15) is 13.2 Å². The molecule has 8 nitrogen and oxygen atoms in total. The van der Waals surface area contributed by atoms with E-state index in [0.29, 0.717) is 17.9 Å². The highest BCUT2D eigenvalue weighted by molar-refractivity contribution is 7.92. The van der Waals surface area contributed by atoms with Crippen LogP contribution < -0.4 is 23.8 Å². The van der Waals surface area contributed by atoms with Crippen LogP contribution in [-0.2, 0) is 14.8 Å². The molecule has 3 aromatic rings. The molecule has 0 saturated heterocycles. The van der Waals surface area contributed by atoms with Gasteiger partial charge in [0.25, 0.3) is 10.0 Å². The number of carbonyl (C=O) groups excluding carboxylic acids is 1. The predicted molar refractivity (Wildman–Crippen MR) is 146 cm³/mol. The summed E-state index contributed by atoms with van der Waals surface area (Å²) in [6.45, 7) is 3.69. The molecule has 9 heteroatoms. The summed E-state index contributed by atoms with van der Waals surface area (Å²) in [4.78, 5) is 13.7. The minimum atomic E-state index is -4.13. The van der Waals surface area contributed by atoms with Crippen molar-refractivity contribution in [3.05, 3.63) is 78.4 Å². The van der Waals surface area contributed by atoms with Crippen molar-refractivity contribution in [1.29, 1.82) is 0 Å². The number of rotatable bonds is 10. The van der Waals surface area contributed by atoms with Gasteiger partial charge in [-0.25, -0.2) is 8.42 Å². The predicted octanol–water partition coefficient (Wildman–Crippen LogP) is 5.10. The number of nitrogens with zero attached hydrogens (tertiary/aromatic N) is 1. The van der Waals surface area contributed by atoms with Crippen molar-refractivity contribution in [2.45, 2.75) is 49.6 Å². The van der Waals surface area contributed by atoms with Gasteiger partial charge in [0.05, 0.1) is 30.8 Å². The quantitative estimate of drug-likeness (QED) is 0.386. The zero-order chi connectivity index (χ0) is 27.3. The Kier molecular flexibility index (Phi) is 8.16. The Bertz CT molecular complexity index is 1370. The largest absolute Gasteiger partial charge is 0.497 e. The summed E-state index contributed by atoms with van der Waals surface area (Å²) in [5.74, 6) is 1.02. The maximum atomic E-state index is 13.9. The number of benzene rings is 3. The molecule has 4 rings (SSSR count). The Morgan fingerprint density at radius 3 is 2.34 bits per heavy atom. The fourth-order valence-corrected chi connectivity index (χ4v) is 6.26. The van der Waals surface area contributed by atoms with Gasteiger partial charge >= 0.3 is 0 Å². The van der Waals surface area contributed by atoms with E-state index in [1.54, 1.807) is 36.4 Å². The third kappa shape index (κ3) is 5.43. The Balaban J connectivity index is 1.71. The highest BCUT2D eigenvalue weighted by Gasteiger charge is 2.39. The zero-order valence-corrected chi connectivity index (χ0v) is 23.0. The highest BCUT2D eigenvalue weighted by atomic mass is 32.2. The number of hydrogen-bond acceptors (Lipinski definition) is 6. The van der Waals surface area contributed by atoms with E-state index in [4.69, 9.17) is 14.2 Å². The lowest BCUT2D eigenvalue weighted by Crippen LogP contribution is -2.47. The Morgan fingerprint density at radius 2 is 1.68 bits per heavy atom. The molecule has 0 aliphatic carbocycles. The van der Waals surface area contributed by atoms with Gasteiger partial charge in [0.2, 0.25) is 5.91 Å². The number of carbonyl (C=O) groups is 1. The summed E-state index contributed by atoms with van der Waals surface area (Å²) in [5, 5.41) is 3.09. The molecule has 1 aliphatic heterocycles. The first-order valence-corrected chi connectivity index (χ1v) is 14.1. The van der Waals surface area contributed by atoms with E-state index in [2.05, 4.69) is 19.2 Å². The molecule has 0 radical (unpaired) electrons. The molecule has 0 spiro atoms. The number of sulfonamides is 1. The number of methoxy groups -OCH3 is 2. The van der Waals surface area contributed by atoms with Crippen LogP contribution in [0.15, 0.2) is 77.7 Å². The average molecular weight is 539 g/mol. The minimum Gasteiger partial charge on any atom is -0.497 e. The molecule has 0 unspecified atom stereocenters. The summed E-state index contributed by atoms with van der Waals surface area (Å²) < 4.78 is 46.0. The number of amides is 1. The lowest BCUT2D eigenvalue weighted by Gasteiger charge is -2.41. The summed E-state index contributed by atoms with van der Waals surface area (Å²) in [5.41, 5.74) is 0.655. The summed E-state index contributed by atoms with van der Waals surface area (Å²) in [7, 11) is -1.19. The van der Waals surface area contributed by atoms with Gasteiger partial charge in [-0.3, -0.25) is 9.10 Å². The molecule has 1 amide bonds. The number of anilines is 1. The monoisotopic (exact) mass is 538 g/mol. The summed E-state index contributed by atoms with van der Waals surface area (Å²) in [6.07, 6.45) is 2.14. The van der Waals surface area contributed by atoms with E-state index < -0.39 is 28.1 Å². The van der Waals surface area contributed by atoms with E-state index >= 15 is 0 Å². The van der Waals surface area contributed by atoms with E-state index in [1.165, 1.54) is 26.4 Å².